The number of nitrogens with zero attached hydrogens (tertiary/aromatic N) is 2. The summed E-state index contributed by atoms with van der Waals surface area (Å²) in [6, 6.07) is 17.5. The molecule has 2 aromatic rings. The minimum absolute atomic E-state index is 0.0584. The minimum Gasteiger partial charge on any atom is -0.465 e. The molecule has 1 amide bonds. The number of carbonyl (C=O) groups excluding carboxylic acids is 2. The number of methoxy groups -OCH3 is 1. The van der Waals surface area contributed by atoms with Crippen LogP contribution in [-0.4, -0.2) is 61.5 Å². The van der Waals surface area contributed by atoms with Gasteiger partial charge in [0.2, 0.25) is 5.91 Å². The molecule has 1 fully saturated rings. The average molecular weight is 381 g/mol. The highest BCUT2D eigenvalue weighted by atomic mass is 16.5. The van der Waals surface area contributed by atoms with Crippen LogP contribution in [0.2, 0.25) is 0 Å². The van der Waals surface area contributed by atoms with Gasteiger partial charge in [0.05, 0.1) is 19.2 Å². The Hall–Kier alpha value is -2.70. The van der Waals surface area contributed by atoms with Gasteiger partial charge >= 0.3 is 5.97 Å². The second kappa shape index (κ2) is 10.0. The first-order valence-corrected chi connectivity index (χ1v) is 9.56. The van der Waals surface area contributed by atoms with Gasteiger partial charge in [-0.25, -0.2) is 4.79 Å². The fourth-order valence-electron chi connectivity index (χ4n) is 3.33. The average Bonchev–Trinajstić information content (AvgIpc) is 2.74. The molecule has 0 unspecified atom stereocenters. The lowest BCUT2D eigenvalue weighted by molar-refractivity contribution is -0.122. The van der Waals surface area contributed by atoms with Crippen LogP contribution in [0, 0.1) is 0 Å². The Kier molecular flexibility index (Phi) is 7.17. The molecule has 0 aromatic heterocycles. The van der Waals surface area contributed by atoms with Gasteiger partial charge in [0.1, 0.15) is 0 Å². The molecule has 1 aliphatic rings. The molecule has 6 heteroatoms. The van der Waals surface area contributed by atoms with Crippen LogP contribution >= 0.6 is 0 Å². The van der Waals surface area contributed by atoms with Crippen LogP contribution in [0.15, 0.2) is 54.6 Å². The first-order valence-electron chi connectivity index (χ1n) is 9.56. The Morgan fingerprint density at radius 2 is 1.61 bits per heavy atom. The number of piperazine rings is 1. The van der Waals surface area contributed by atoms with Crippen LogP contribution in [0.4, 0.5) is 0 Å². The predicted molar refractivity (Wildman–Crippen MR) is 108 cm³/mol. The van der Waals surface area contributed by atoms with Crippen LogP contribution in [-0.2, 0) is 22.6 Å². The van der Waals surface area contributed by atoms with Gasteiger partial charge in [-0.05, 0) is 23.3 Å². The molecule has 0 aliphatic carbocycles. The van der Waals surface area contributed by atoms with Crippen molar-refractivity contribution in [2.75, 3.05) is 39.8 Å². The largest absolute Gasteiger partial charge is 0.465 e. The highest BCUT2D eigenvalue weighted by Crippen LogP contribution is 2.11. The molecular formula is C22H27N3O3. The second-order valence-corrected chi connectivity index (χ2v) is 7.01. The van der Waals surface area contributed by atoms with Gasteiger partial charge in [-0.2, -0.15) is 0 Å². The summed E-state index contributed by atoms with van der Waals surface area (Å²) >= 11 is 0. The fourth-order valence-corrected chi connectivity index (χ4v) is 3.33. The summed E-state index contributed by atoms with van der Waals surface area (Å²) in [6.07, 6.45) is 0. The number of benzene rings is 2. The van der Waals surface area contributed by atoms with Gasteiger partial charge in [-0.3, -0.25) is 14.6 Å². The van der Waals surface area contributed by atoms with Gasteiger partial charge in [0, 0.05) is 39.3 Å². The Morgan fingerprint density at radius 1 is 0.929 bits per heavy atom. The maximum atomic E-state index is 12.2. The minimum atomic E-state index is -0.312. The van der Waals surface area contributed by atoms with Crippen molar-refractivity contribution < 1.29 is 14.3 Å². The number of nitrogens with one attached hydrogen (secondary N) is 1. The van der Waals surface area contributed by atoms with Crippen molar-refractivity contribution in [3.63, 3.8) is 0 Å². The second-order valence-electron chi connectivity index (χ2n) is 7.01. The van der Waals surface area contributed by atoms with Gasteiger partial charge in [0.25, 0.3) is 0 Å². The highest BCUT2D eigenvalue weighted by Gasteiger charge is 2.19. The third-order valence-electron chi connectivity index (χ3n) is 4.92. The molecule has 3 rings (SSSR count). The number of carbonyl (C=O) groups is 2. The normalized spacial score (nSPS) is 15.2. The quantitative estimate of drug-likeness (QED) is 0.743. The topological polar surface area (TPSA) is 61.9 Å². The van der Waals surface area contributed by atoms with Crippen molar-refractivity contribution in [2.24, 2.45) is 0 Å². The first kappa shape index (κ1) is 20.0. The number of hydrogen-bond acceptors (Lipinski definition) is 5. The molecule has 1 aliphatic heterocycles. The van der Waals surface area contributed by atoms with Gasteiger partial charge in [0.15, 0.2) is 0 Å². The molecular weight excluding hydrogens is 354 g/mol. The highest BCUT2D eigenvalue weighted by molar-refractivity contribution is 5.89. The van der Waals surface area contributed by atoms with Crippen molar-refractivity contribution in [1.82, 2.24) is 15.1 Å². The zero-order valence-corrected chi connectivity index (χ0v) is 16.3. The Labute approximate surface area is 166 Å². The Bertz CT molecular complexity index is 787. The molecule has 0 radical (unpaired) electrons. The van der Waals surface area contributed by atoms with E-state index in [0.717, 1.165) is 43.9 Å². The lowest BCUT2D eigenvalue weighted by Gasteiger charge is -2.34. The number of hydrogen-bond donors (Lipinski definition) is 1. The lowest BCUT2D eigenvalue weighted by atomic mass is 10.1. The summed E-state index contributed by atoms with van der Waals surface area (Å²) in [4.78, 5) is 28.4. The molecule has 0 bridgehead atoms. The van der Waals surface area contributed by atoms with E-state index in [2.05, 4.69) is 15.1 Å². The maximum absolute atomic E-state index is 12.2. The van der Waals surface area contributed by atoms with Crippen molar-refractivity contribution in [3.8, 4) is 0 Å². The summed E-state index contributed by atoms with van der Waals surface area (Å²) in [6.45, 7) is 5.29. The zero-order valence-electron chi connectivity index (χ0n) is 16.3. The lowest BCUT2D eigenvalue weighted by Crippen LogP contribution is -2.49. The number of rotatable bonds is 7. The molecule has 1 heterocycles. The van der Waals surface area contributed by atoms with E-state index < -0.39 is 0 Å². The molecule has 148 valence electrons. The third kappa shape index (κ3) is 5.90. The zero-order chi connectivity index (χ0) is 19.8. The van der Waals surface area contributed by atoms with Crippen LogP contribution in [0.1, 0.15) is 21.5 Å². The van der Waals surface area contributed by atoms with E-state index in [4.69, 9.17) is 4.74 Å². The smallest absolute Gasteiger partial charge is 0.337 e. The van der Waals surface area contributed by atoms with E-state index in [-0.39, 0.29) is 11.9 Å². The SMILES string of the molecule is COC(=O)c1cccc(CN2CCN(CC(=O)NCc3ccccc3)CC2)c1. The number of amides is 1. The summed E-state index contributed by atoms with van der Waals surface area (Å²) in [7, 11) is 1.39. The monoisotopic (exact) mass is 381 g/mol. The number of esters is 1. The summed E-state index contributed by atoms with van der Waals surface area (Å²) in [5.74, 6) is -0.253. The van der Waals surface area contributed by atoms with E-state index in [1.54, 1.807) is 6.07 Å². The van der Waals surface area contributed by atoms with Crippen LogP contribution in [0.25, 0.3) is 0 Å². The van der Waals surface area contributed by atoms with E-state index in [1.165, 1.54) is 7.11 Å². The van der Waals surface area contributed by atoms with Gasteiger partial charge in [-0.1, -0.05) is 42.5 Å². The molecule has 0 spiro atoms. The van der Waals surface area contributed by atoms with E-state index in [9.17, 15) is 9.59 Å². The summed E-state index contributed by atoms with van der Waals surface area (Å²) in [5, 5.41) is 2.98. The Morgan fingerprint density at radius 3 is 2.32 bits per heavy atom. The molecule has 2 aromatic carbocycles. The molecule has 0 saturated carbocycles. The molecule has 0 atom stereocenters. The van der Waals surface area contributed by atoms with Crippen molar-refractivity contribution in [2.45, 2.75) is 13.1 Å². The standard InChI is InChI=1S/C22H27N3O3/c1-28-22(27)20-9-5-8-19(14-20)16-24-10-12-25(13-11-24)17-21(26)23-15-18-6-3-2-4-7-18/h2-9,14H,10-13,15-17H2,1H3,(H,23,26). The molecule has 6 nitrogen and oxygen atoms in total. The van der Waals surface area contributed by atoms with Gasteiger partial charge < -0.3 is 10.1 Å². The molecule has 1 saturated heterocycles. The van der Waals surface area contributed by atoms with Gasteiger partial charge in [-0.15, -0.1) is 0 Å². The fraction of sp³-hybridized carbons (Fsp3) is 0.364. The summed E-state index contributed by atoms with van der Waals surface area (Å²) < 4.78 is 4.78. The maximum Gasteiger partial charge on any atom is 0.337 e. The molecule has 28 heavy (non-hydrogen) atoms. The van der Waals surface area contributed by atoms with E-state index in [1.807, 2.05) is 48.5 Å². The van der Waals surface area contributed by atoms with Crippen molar-refractivity contribution in [1.29, 1.82) is 0 Å². The van der Waals surface area contributed by atoms with E-state index in [0.29, 0.717) is 18.7 Å². The van der Waals surface area contributed by atoms with Crippen LogP contribution in [0.3, 0.4) is 0 Å². The third-order valence-corrected chi connectivity index (χ3v) is 4.92. The first-order chi connectivity index (χ1) is 13.6. The van der Waals surface area contributed by atoms with Crippen LogP contribution < -0.4 is 5.32 Å². The van der Waals surface area contributed by atoms with Crippen molar-refractivity contribution in [3.05, 3.63) is 71.3 Å². The van der Waals surface area contributed by atoms with E-state index >= 15 is 0 Å². The van der Waals surface area contributed by atoms with Crippen LogP contribution in [0.5, 0.6) is 0 Å². The molecule has 1 N–H and O–H groups in total. The summed E-state index contributed by atoms with van der Waals surface area (Å²) in [5.41, 5.74) is 2.78. The van der Waals surface area contributed by atoms with Crippen molar-refractivity contribution >= 4 is 11.9 Å². The Balaban J connectivity index is 1.41. The number of ether oxygens (including phenoxy) is 1. The predicted octanol–water partition coefficient (Wildman–Crippen LogP) is 1.91.